The number of hydrogen-bond donors (Lipinski definition) is 1. The van der Waals surface area contributed by atoms with Crippen LogP contribution in [0.15, 0.2) is 18.3 Å². The number of nitrogens with two attached hydrogens (primary N) is 1. The first-order chi connectivity index (χ1) is 8.29. The van der Waals surface area contributed by atoms with Crippen molar-refractivity contribution < 1.29 is 0 Å². The molecule has 0 saturated heterocycles. The first-order valence-electron chi connectivity index (χ1n) is 6.63. The summed E-state index contributed by atoms with van der Waals surface area (Å²) in [7, 11) is 2.22. The molecule has 94 valence electrons. The molecule has 1 aliphatic carbocycles. The molecule has 3 nitrogen and oxygen atoms in total. The highest BCUT2D eigenvalue weighted by atomic mass is 15.1. The summed E-state index contributed by atoms with van der Waals surface area (Å²) in [5, 5.41) is 0. The Morgan fingerprint density at radius 1 is 1.29 bits per heavy atom. The highest BCUT2D eigenvalue weighted by Crippen LogP contribution is 2.22. The second-order valence-corrected chi connectivity index (χ2v) is 5.07. The molecule has 0 atom stereocenters. The van der Waals surface area contributed by atoms with Crippen molar-refractivity contribution >= 4 is 0 Å². The molecule has 0 bridgehead atoms. The molecule has 0 radical (unpaired) electrons. The van der Waals surface area contributed by atoms with Gasteiger partial charge < -0.3 is 5.73 Å². The van der Waals surface area contributed by atoms with E-state index in [2.05, 4.69) is 29.1 Å². The molecule has 17 heavy (non-hydrogen) atoms. The molecule has 0 unspecified atom stereocenters. The van der Waals surface area contributed by atoms with Crippen LogP contribution in [0.1, 0.15) is 43.4 Å². The lowest BCUT2D eigenvalue weighted by molar-refractivity contribution is 0.183. The van der Waals surface area contributed by atoms with Crippen LogP contribution in [0.25, 0.3) is 0 Å². The largest absolute Gasteiger partial charge is 0.326 e. The third kappa shape index (κ3) is 3.51. The maximum Gasteiger partial charge on any atom is 0.0544 e. The summed E-state index contributed by atoms with van der Waals surface area (Å²) in [6.45, 7) is 1.53. The SMILES string of the molecule is CN(Cc1ccc(CN)cn1)C1CCCCC1. The van der Waals surface area contributed by atoms with E-state index in [0.29, 0.717) is 6.54 Å². The minimum absolute atomic E-state index is 0.575. The molecule has 0 amide bonds. The second kappa shape index (κ2) is 6.12. The van der Waals surface area contributed by atoms with Crippen LogP contribution in [-0.2, 0) is 13.1 Å². The van der Waals surface area contributed by atoms with E-state index < -0.39 is 0 Å². The standard InChI is InChI=1S/C14H23N3/c1-17(14-5-3-2-4-6-14)11-13-8-7-12(9-15)10-16-13/h7-8,10,14H,2-6,9,11,15H2,1H3. The zero-order chi connectivity index (χ0) is 12.1. The van der Waals surface area contributed by atoms with Gasteiger partial charge in [-0.25, -0.2) is 0 Å². The zero-order valence-corrected chi connectivity index (χ0v) is 10.7. The molecule has 2 rings (SSSR count). The summed E-state index contributed by atoms with van der Waals surface area (Å²) in [4.78, 5) is 6.91. The minimum Gasteiger partial charge on any atom is -0.326 e. The minimum atomic E-state index is 0.575. The van der Waals surface area contributed by atoms with Gasteiger partial charge >= 0.3 is 0 Å². The van der Waals surface area contributed by atoms with Crippen LogP contribution < -0.4 is 5.73 Å². The van der Waals surface area contributed by atoms with Gasteiger partial charge in [0, 0.05) is 25.3 Å². The molecule has 1 saturated carbocycles. The van der Waals surface area contributed by atoms with Crippen LogP contribution in [0.2, 0.25) is 0 Å². The Hall–Kier alpha value is -0.930. The van der Waals surface area contributed by atoms with Crippen LogP contribution in [0.4, 0.5) is 0 Å². The van der Waals surface area contributed by atoms with E-state index in [1.807, 2.05) is 6.20 Å². The molecule has 0 aromatic carbocycles. The van der Waals surface area contributed by atoms with E-state index in [1.165, 1.54) is 32.1 Å². The summed E-state index contributed by atoms with van der Waals surface area (Å²) >= 11 is 0. The Balaban J connectivity index is 1.89. The van der Waals surface area contributed by atoms with E-state index >= 15 is 0 Å². The molecular weight excluding hydrogens is 210 g/mol. The van der Waals surface area contributed by atoms with Crippen molar-refractivity contribution in [1.82, 2.24) is 9.88 Å². The van der Waals surface area contributed by atoms with E-state index in [1.54, 1.807) is 0 Å². The van der Waals surface area contributed by atoms with Gasteiger partial charge in [0.25, 0.3) is 0 Å². The molecule has 1 aromatic rings. The van der Waals surface area contributed by atoms with Crippen LogP contribution >= 0.6 is 0 Å². The molecule has 0 aliphatic heterocycles. The lowest BCUT2D eigenvalue weighted by atomic mass is 9.94. The average molecular weight is 233 g/mol. The molecular formula is C14H23N3. The lowest BCUT2D eigenvalue weighted by Gasteiger charge is -2.30. The van der Waals surface area contributed by atoms with E-state index in [-0.39, 0.29) is 0 Å². The fourth-order valence-corrected chi connectivity index (χ4v) is 2.58. The number of pyridine rings is 1. The van der Waals surface area contributed by atoms with Gasteiger partial charge in [0.1, 0.15) is 0 Å². The summed E-state index contributed by atoms with van der Waals surface area (Å²) in [5.41, 5.74) is 7.82. The van der Waals surface area contributed by atoms with Gasteiger partial charge in [-0.2, -0.15) is 0 Å². The molecule has 0 spiro atoms. The number of aromatic nitrogens is 1. The van der Waals surface area contributed by atoms with Crippen molar-refractivity contribution in [2.45, 2.75) is 51.2 Å². The highest BCUT2D eigenvalue weighted by molar-refractivity contribution is 5.13. The van der Waals surface area contributed by atoms with Gasteiger partial charge in [-0.3, -0.25) is 9.88 Å². The average Bonchev–Trinajstić information content (AvgIpc) is 2.40. The van der Waals surface area contributed by atoms with Crippen molar-refractivity contribution in [3.8, 4) is 0 Å². The molecule has 1 aromatic heterocycles. The van der Waals surface area contributed by atoms with Crippen molar-refractivity contribution in [3.05, 3.63) is 29.6 Å². The fourth-order valence-electron chi connectivity index (χ4n) is 2.58. The summed E-state index contributed by atoms with van der Waals surface area (Å²) < 4.78 is 0. The topological polar surface area (TPSA) is 42.1 Å². The van der Waals surface area contributed by atoms with Gasteiger partial charge in [-0.05, 0) is 31.5 Å². The van der Waals surface area contributed by atoms with Crippen molar-refractivity contribution in [3.63, 3.8) is 0 Å². The van der Waals surface area contributed by atoms with Crippen LogP contribution in [0, 0.1) is 0 Å². The first kappa shape index (κ1) is 12.5. The third-order valence-corrected chi connectivity index (χ3v) is 3.73. The number of nitrogens with zero attached hydrogens (tertiary/aromatic N) is 2. The van der Waals surface area contributed by atoms with Crippen molar-refractivity contribution in [2.24, 2.45) is 5.73 Å². The summed E-state index contributed by atoms with van der Waals surface area (Å²) in [6, 6.07) is 4.93. The first-order valence-corrected chi connectivity index (χ1v) is 6.63. The van der Waals surface area contributed by atoms with Gasteiger partial charge in [0.15, 0.2) is 0 Å². The quantitative estimate of drug-likeness (QED) is 0.867. The summed E-state index contributed by atoms with van der Waals surface area (Å²) in [6.07, 6.45) is 8.76. The van der Waals surface area contributed by atoms with Crippen LogP contribution in [0.5, 0.6) is 0 Å². The van der Waals surface area contributed by atoms with Gasteiger partial charge in [-0.1, -0.05) is 25.3 Å². The molecule has 1 fully saturated rings. The maximum absolute atomic E-state index is 5.57. The lowest BCUT2D eigenvalue weighted by Crippen LogP contribution is -2.33. The maximum atomic E-state index is 5.57. The molecule has 2 N–H and O–H groups in total. The number of hydrogen-bond acceptors (Lipinski definition) is 3. The van der Waals surface area contributed by atoms with Crippen LogP contribution in [-0.4, -0.2) is 23.0 Å². The molecule has 1 aliphatic rings. The van der Waals surface area contributed by atoms with Crippen LogP contribution in [0.3, 0.4) is 0 Å². The Kier molecular flexibility index (Phi) is 4.51. The Morgan fingerprint density at radius 2 is 2.06 bits per heavy atom. The van der Waals surface area contributed by atoms with Crippen molar-refractivity contribution in [2.75, 3.05) is 7.05 Å². The van der Waals surface area contributed by atoms with Crippen molar-refractivity contribution in [1.29, 1.82) is 0 Å². The molecule has 3 heteroatoms. The normalized spacial score (nSPS) is 17.6. The Labute approximate surface area is 104 Å². The van der Waals surface area contributed by atoms with E-state index in [4.69, 9.17) is 5.73 Å². The Morgan fingerprint density at radius 3 is 2.65 bits per heavy atom. The third-order valence-electron chi connectivity index (χ3n) is 3.73. The highest BCUT2D eigenvalue weighted by Gasteiger charge is 2.18. The van der Waals surface area contributed by atoms with Gasteiger partial charge in [0.05, 0.1) is 5.69 Å². The van der Waals surface area contributed by atoms with E-state index in [0.717, 1.165) is 23.8 Å². The smallest absolute Gasteiger partial charge is 0.0544 e. The van der Waals surface area contributed by atoms with Gasteiger partial charge in [0.2, 0.25) is 0 Å². The fraction of sp³-hybridized carbons (Fsp3) is 0.643. The second-order valence-electron chi connectivity index (χ2n) is 5.07. The Bertz CT molecular complexity index is 328. The van der Waals surface area contributed by atoms with Gasteiger partial charge in [-0.15, -0.1) is 0 Å². The van der Waals surface area contributed by atoms with E-state index in [9.17, 15) is 0 Å². The number of rotatable bonds is 4. The zero-order valence-electron chi connectivity index (χ0n) is 10.7. The predicted molar refractivity (Wildman–Crippen MR) is 70.5 cm³/mol. The summed E-state index contributed by atoms with van der Waals surface area (Å²) in [5.74, 6) is 0. The predicted octanol–water partition coefficient (Wildman–Crippen LogP) is 2.30. The monoisotopic (exact) mass is 233 g/mol. The molecule has 1 heterocycles.